The first kappa shape index (κ1) is 7.74. The van der Waals surface area contributed by atoms with Crippen LogP contribution in [0.15, 0.2) is 0 Å². The second-order valence-electron chi connectivity index (χ2n) is 5.43. The van der Waals surface area contributed by atoms with Gasteiger partial charge in [-0.25, -0.2) is 0 Å². The van der Waals surface area contributed by atoms with Crippen molar-refractivity contribution in [3.05, 3.63) is 0 Å². The molecule has 0 radical (unpaired) electrons. The van der Waals surface area contributed by atoms with Crippen LogP contribution in [0.2, 0.25) is 0 Å². The molecule has 0 aliphatic heterocycles. The average molecular weight is 176 g/mol. The van der Waals surface area contributed by atoms with E-state index in [0.29, 0.717) is 0 Å². The molecule has 4 aliphatic rings. The maximum absolute atomic E-state index is 8.77. The second-order valence-corrected chi connectivity index (χ2v) is 5.43. The van der Waals surface area contributed by atoms with Crippen LogP contribution in [0.1, 0.15) is 38.5 Å². The van der Waals surface area contributed by atoms with E-state index < -0.39 is 0 Å². The Hall–Kier alpha value is -0.640. The molecule has 0 aromatic heterocycles. The van der Waals surface area contributed by atoms with Crippen LogP contribution in [-0.4, -0.2) is 5.11 Å². The topological polar surface area (TPSA) is 20.2 Å². The van der Waals surface area contributed by atoms with Gasteiger partial charge in [0.2, 0.25) is 0 Å². The molecule has 4 bridgehead atoms. The molecular weight excluding hydrogens is 160 g/mol. The standard InChI is InChI=1S/C12H16O/c13-2-1-12-6-9-3-10(7-12)5-11(4-9)8-12/h9-11,13H,3-8H2. The number of hydrogen-bond donors (Lipinski definition) is 1. The van der Waals surface area contributed by atoms with Crippen LogP contribution in [0.4, 0.5) is 0 Å². The quantitative estimate of drug-likeness (QED) is 0.562. The predicted octanol–water partition coefficient (Wildman–Crippen LogP) is 2.54. The fourth-order valence-corrected chi connectivity index (χ4v) is 4.38. The van der Waals surface area contributed by atoms with Gasteiger partial charge >= 0.3 is 0 Å². The maximum atomic E-state index is 8.77. The second kappa shape index (κ2) is 2.44. The van der Waals surface area contributed by atoms with E-state index in [1.54, 1.807) is 0 Å². The van der Waals surface area contributed by atoms with Crippen molar-refractivity contribution in [2.45, 2.75) is 38.5 Å². The van der Waals surface area contributed by atoms with E-state index >= 15 is 0 Å². The molecule has 0 aromatic carbocycles. The van der Waals surface area contributed by atoms with E-state index in [0.717, 1.165) is 17.8 Å². The van der Waals surface area contributed by atoms with Crippen molar-refractivity contribution in [3.63, 3.8) is 0 Å². The van der Waals surface area contributed by atoms with E-state index in [1.807, 2.05) is 0 Å². The van der Waals surface area contributed by atoms with Crippen LogP contribution < -0.4 is 0 Å². The van der Waals surface area contributed by atoms with Gasteiger partial charge in [-0.05, 0) is 56.3 Å². The minimum Gasteiger partial charge on any atom is -0.462 e. The molecule has 1 heteroatoms. The van der Waals surface area contributed by atoms with E-state index in [4.69, 9.17) is 5.11 Å². The zero-order valence-corrected chi connectivity index (χ0v) is 7.92. The molecule has 13 heavy (non-hydrogen) atoms. The van der Waals surface area contributed by atoms with Crippen molar-refractivity contribution in [3.8, 4) is 12.0 Å². The van der Waals surface area contributed by atoms with E-state index in [2.05, 4.69) is 12.0 Å². The summed E-state index contributed by atoms with van der Waals surface area (Å²) >= 11 is 0. The lowest BCUT2D eigenvalue weighted by atomic mass is 9.50. The van der Waals surface area contributed by atoms with Crippen LogP contribution >= 0.6 is 0 Å². The average Bonchev–Trinajstić information content (AvgIpc) is 2.00. The summed E-state index contributed by atoms with van der Waals surface area (Å²) in [5.74, 6) is 5.91. The van der Waals surface area contributed by atoms with Crippen molar-refractivity contribution >= 4 is 0 Å². The summed E-state index contributed by atoms with van der Waals surface area (Å²) in [5, 5.41) is 8.77. The van der Waals surface area contributed by atoms with Gasteiger partial charge in [-0.15, -0.1) is 0 Å². The molecule has 4 aliphatic carbocycles. The SMILES string of the molecule is OC#CC12CC3CC(CC(C3)C1)C2. The predicted molar refractivity (Wildman–Crippen MR) is 50.3 cm³/mol. The third kappa shape index (κ3) is 1.08. The number of aliphatic hydroxyl groups is 1. The summed E-state index contributed by atoms with van der Waals surface area (Å²) < 4.78 is 0. The summed E-state index contributed by atoms with van der Waals surface area (Å²) in [5.41, 5.74) is 0.240. The third-order valence-electron chi connectivity index (χ3n) is 4.36. The fourth-order valence-electron chi connectivity index (χ4n) is 4.38. The molecule has 1 N–H and O–H groups in total. The monoisotopic (exact) mass is 176 g/mol. The lowest BCUT2D eigenvalue weighted by Crippen LogP contribution is -2.45. The summed E-state index contributed by atoms with van der Waals surface area (Å²) in [4.78, 5) is 0. The molecule has 0 atom stereocenters. The van der Waals surface area contributed by atoms with Crippen LogP contribution in [0.25, 0.3) is 0 Å². The van der Waals surface area contributed by atoms with Crippen molar-refractivity contribution in [1.29, 1.82) is 0 Å². The highest BCUT2D eigenvalue weighted by molar-refractivity contribution is 5.16. The Morgan fingerprint density at radius 3 is 1.77 bits per heavy atom. The normalized spacial score (nSPS) is 51.5. The minimum absolute atomic E-state index is 0.240. The van der Waals surface area contributed by atoms with Crippen molar-refractivity contribution in [2.24, 2.45) is 23.2 Å². The third-order valence-corrected chi connectivity index (χ3v) is 4.36. The van der Waals surface area contributed by atoms with Gasteiger partial charge in [0.25, 0.3) is 0 Å². The molecule has 70 valence electrons. The van der Waals surface area contributed by atoms with E-state index in [9.17, 15) is 0 Å². The van der Waals surface area contributed by atoms with Crippen LogP contribution in [0.3, 0.4) is 0 Å². The van der Waals surface area contributed by atoms with Gasteiger partial charge < -0.3 is 5.11 Å². The summed E-state index contributed by atoms with van der Waals surface area (Å²) in [6.45, 7) is 0. The molecule has 0 heterocycles. The number of rotatable bonds is 0. The highest BCUT2D eigenvalue weighted by Crippen LogP contribution is 2.59. The minimum atomic E-state index is 0.240. The van der Waals surface area contributed by atoms with Crippen molar-refractivity contribution in [1.82, 2.24) is 0 Å². The van der Waals surface area contributed by atoms with Gasteiger partial charge in [0.05, 0.1) is 0 Å². The zero-order chi connectivity index (χ0) is 8.89. The van der Waals surface area contributed by atoms with Crippen molar-refractivity contribution < 1.29 is 5.11 Å². The van der Waals surface area contributed by atoms with Gasteiger partial charge in [0.15, 0.2) is 0 Å². The first-order chi connectivity index (χ1) is 6.30. The molecule has 0 unspecified atom stereocenters. The van der Waals surface area contributed by atoms with Gasteiger partial charge in [-0.1, -0.05) is 5.92 Å². The Kier molecular flexibility index (Phi) is 1.45. The summed E-state index contributed by atoms with van der Waals surface area (Å²) in [7, 11) is 0. The summed E-state index contributed by atoms with van der Waals surface area (Å²) in [6.07, 6.45) is 10.3. The van der Waals surface area contributed by atoms with Crippen LogP contribution in [0.5, 0.6) is 0 Å². The molecule has 0 aromatic rings. The highest BCUT2D eigenvalue weighted by atomic mass is 16.2. The highest BCUT2D eigenvalue weighted by Gasteiger charge is 2.50. The molecule has 4 saturated carbocycles. The Morgan fingerprint density at radius 2 is 1.38 bits per heavy atom. The largest absolute Gasteiger partial charge is 0.462 e. The molecule has 4 fully saturated rings. The molecular formula is C12H16O. The molecule has 4 rings (SSSR count). The van der Waals surface area contributed by atoms with Gasteiger partial charge in [-0.2, -0.15) is 0 Å². The van der Waals surface area contributed by atoms with Gasteiger partial charge in [-0.3, -0.25) is 0 Å². The first-order valence-electron chi connectivity index (χ1n) is 5.46. The number of hydrogen-bond acceptors (Lipinski definition) is 1. The molecule has 1 nitrogen and oxygen atoms in total. The Morgan fingerprint density at radius 1 is 0.923 bits per heavy atom. The van der Waals surface area contributed by atoms with Crippen LogP contribution in [-0.2, 0) is 0 Å². The lowest BCUT2D eigenvalue weighted by Gasteiger charge is -2.54. The lowest BCUT2D eigenvalue weighted by molar-refractivity contribution is -0.0184. The number of aliphatic hydroxyl groups excluding tert-OH is 1. The molecule has 0 saturated heterocycles. The Balaban J connectivity index is 1.94. The summed E-state index contributed by atoms with van der Waals surface area (Å²) in [6, 6.07) is 0. The van der Waals surface area contributed by atoms with Crippen LogP contribution in [0, 0.1) is 35.2 Å². The van der Waals surface area contributed by atoms with Crippen molar-refractivity contribution in [2.75, 3.05) is 0 Å². The van der Waals surface area contributed by atoms with E-state index in [-0.39, 0.29) is 5.41 Å². The molecule has 0 amide bonds. The smallest absolute Gasteiger partial charge is 0.108 e. The molecule has 0 spiro atoms. The zero-order valence-electron chi connectivity index (χ0n) is 7.92. The Labute approximate surface area is 79.5 Å². The van der Waals surface area contributed by atoms with Gasteiger partial charge in [0.1, 0.15) is 6.11 Å². The first-order valence-corrected chi connectivity index (χ1v) is 5.46. The maximum Gasteiger partial charge on any atom is 0.108 e. The fraction of sp³-hybridized carbons (Fsp3) is 0.833. The Bertz CT molecular complexity index is 246. The van der Waals surface area contributed by atoms with Gasteiger partial charge in [0, 0.05) is 5.41 Å². The van der Waals surface area contributed by atoms with E-state index in [1.165, 1.54) is 38.5 Å².